The van der Waals surface area contributed by atoms with Gasteiger partial charge in [0.2, 0.25) is 5.13 Å². The zero-order valence-electron chi connectivity index (χ0n) is 19.0. The molecule has 0 radical (unpaired) electrons. The van der Waals surface area contributed by atoms with Crippen LogP contribution in [-0.4, -0.2) is 32.0 Å². The van der Waals surface area contributed by atoms with Crippen LogP contribution >= 0.6 is 34.7 Å². The van der Waals surface area contributed by atoms with Gasteiger partial charge in [-0.15, -0.1) is 10.2 Å². The minimum atomic E-state index is -0.905. The van der Waals surface area contributed by atoms with Crippen molar-refractivity contribution in [2.45, 2.75) is 23.1 Å². The summed E-state index contributed by atoms with van der Waals surface area (Å²) in [7, 11) is 0. The molecule has 7 nitrogen and oxygen atoms in total. The molecule has 1 unspecified atom stereocenters. The molecular formula is C26H19ClN4O3S2. The molecule has 1 atom stereocenters. The number of anilines is 1. The molecule has 2 aromatic carbocycles. The zero-order chi connectivity index (χ0) is 25.2. The summed E-state index contributed by atoms with van der Waals surface area (Å²) < 4.78 is 0.662. The van der Waals surface area contributed by atoms with Crippen molar-refractivity contribution in [3.63, 3.8) is 0 Å². The number of hydrogen-bond donors (Lipinski definition) is 1. The van der Waals surface area contributed by atoms with E-state index in [0.29, 0.717) is 26.2 Å². The van der Waals surface area contributed by atoms with E-state index in [1.165, 1.54) is 33.6 Å². The lowest BCUT2D eigenvalue weighted by Gasteiger charge is -2.22. The number of aliphatic hydroxyl groups excluding tert-OH is 1. The lowest BCUT2D eigenvalue weighted by molar-refractivity contribution is -0.132. The molecule has 1 aliphatic heterocycles. The first-order valence-electron chi connectivity index (χ1n) is 10.9. The molecule has 0 aliphatic carbocycles. The van der Waals surface area contributed by atoms with E-state index in [0.717, 1.165) is 5.56 Å². The van der Waals surface area contributed by atoms with Gasteiger partial charge in [-0.05, 0) is 48.4 Å². The number of aliphatic hydroxyl groups is 1. The maximum atomic E-state index is 13.2. The van der Waals surface area contributed by atoms with E-state index in [-0.39, 0.29) is 16.5 Å². The third-order valence-corrected chi connectivity index (χ3v) is 8.03. The van der Waals surface area contributed by atoms with Gasteiger partial charge in [0.1, 0.15) is 5.76 Å². The monoisotopic (exact) mass is 534 g/mol. The molecule has 1 saturated heterocycles. The first-order chi connectivity index (χ1) is 17.4. The number of ketones is 1. The number of hydrogen-bond acceptors (Lipinski definition) is 8. The summed E-state index contributed by atoms with van der Waals surface area (Å²) in [4.78, 5) is 31.9. The number of aromatic nitrogens is 3. The van der Waals surface area contributed by atoms with Crippen molar-refractivity contribution in [2.75, 3.05) is 4.90 Å². The third kappa shape index (κ3) is 4.77. The summed E-state index contributed by atoms with van der Waals surface area (Å²) in [6.45, 7) is 2.04. The molecule has 3 heterocycles. The highest BCUT2D eigenvalue weighted by molar-refractivity contribution is 8.00. The average molecular weight is 535 g/mol. The van der Waals surface area contributed by atoms with Gasteiger partial charge in [-0.1, -0.05) is 70.6 Å². The Bertz CT molecular complexity index is 1450. The minimum Gasteiger partial charge on any atom is -0.507 e. The number of benzene rings is 2. The van der Waals surface area contributed by atoms with Gasteiger partial charge in [0.15, 0.2) is 4.34 Å². The number of carbonyl (C=O) groups excluding carboxylic acids is 2. The summed E-state index contributed by atoms with van der Waals surface area (Å²) in [6, 6.07) is 17.2. The molecule has 4 aromatic rings. The molecule has 10 heteroatoms. The molecule has 1 N–H and O–H groups in total. The van der Waals surface area contributed by atoms with Crippen molar-refractivity contribution < 1.29 is 14.7 Å². The van der Waals surface area contributed by atoms with E-state index in [4.69, 9.17) is 11.6 Å². The molecule has 0 saturated carbocycles. The Morgan fingerprint density at radius 3 is 2.53 bits per heavy atom. The summed E-state index contributed by atoms with van der Waals surface area (Å²) in [5, 5.41) is 20.3. The summed E-state index contributed by atoms with van der Waals surface area (Å²) in [6.07, 6.45) is 3.16. The second kappa shape index (κ2) is 10.2. The van der Waals surface area contributed by atoms with Crippen LogP contribution in [0.1, 0.15) is 28.3 Å². The number of aryl methyl sites for hydroxylation is 1. The fraction of sp³-hybridized carbons (Fsp3) is 0.115. The molecule has 1 aliphatic rings. The Kier molecular flexibility index (Phi) is 6.86. The lowest BCUT2D eigenvalue weighted by Crippen LogP contribution is -2.29. The second-order valence-electron chi connectivity index (χ2n) is 8.09. The van der Waals surface area contributed by atoms with Crippen molar-refractivity contribution in [1.29, 1.82) is 0 Å². The molecule has 180 valence electrons. The number of rotatable bonds is 6. The number of pyridine rings is 1. The lowest BCUT2D eigenvalue weighted by atomic mass is 9.96. The highest BCUT2D eigenvalue weighted by atomic mass is 35.5. The molecule has 0 spiro atoms. The van der Waals surface area contributed by atoms with E-state index in [9.17, 15) is 14.7 Å². The van der Waals surface area contributed by atoms with Crippen molar-refractivity contribution in [1.82, 2.24) is 15.2 Å². The normalized spacial score (nSPS) is 17.1. The van der Waals surface area contributed by atoms with E-state index in [2.05, 4.69) is 39.4 Å². The number of Topliss-reactive ketones (excluding diaryl/α,β-unsaturated/α-hetero) is 1. The van der Waals surface area contributed by atoms with Gasteiger partial charge in [-0.25, -0.2) is 0 Å². The molecule has 1 amide bonds. The smallest absolute Gasteiger partial charge is 0.301 e. The van der Waals surface area contributed by atoms with Crippen LogP contribution in [0.5, 0.6) is 0 Å². The van der Waals surface area contributed by atoms with Crippen LogP contribution in [-0.2, 0) is 15.3 Å². The quantitative estimate of drug-likeness (QED) is 0.109. The Hall–Kier alpha value is -3.53. The van der Waals surface area contributed by atoms with E-state index < -0.39 is 17.7 Å². The molecule has 2 aromatic heterocycles. The predicted molar refractivity (Wildman–Crippen MR) is 141 cm³/mol. The van der Waals surface area contributed by atoms with Crippen molar-refractivity contribution >= 4 is 57.3 Å². The number of halogens is 1. The van der Waals surface area contributed by atoms with Crippen LogP contribution in [0, 0.1) is 6.92 Å². The summed E-state index contributed by atoms with van der Waals surface area (Å²) >= 11 is 8.70. The second-order valence-corrected chi connectivity index (χ2v) is 10.7. The van der Waals surface area contributed by atoms with Crippen LogP contribution in [0.4, 0.5) is 5.13 Å². The summed E-state index contributed by atoms with van der Waals surface area (Å²) in [5.74, 6) is -1.19. The van der Waals surface area contributed by atoms with Gasteiger partial charge in [0.25, 0.3) is 5.78 Å². The van der Waals surface area contributed by atoms with Crippen molar-refractivity contribution in [3.8, 4) is 0 Å². The number of amides is 1. The van der Waals surface area contributed by atoms with Gasteiger partial charge in [0.05, 0.1) is 11.6 Å². The zero-order valence-corrected chi connectivity index (χ0v) is 21.3. The number of thioether (sulfide) groups is 1. The largest absolute Gasteiger partial charge is 0.507 e. The molecule has 0 bridgehead atoms. The average Bonchev–Trinajstić information content (AvgIpc) is 3.46. The highest BCUT2D eigenvalue weighted by Crippen LogP contribution is 2.43. The Labute approximate surface area is 220 Å². The van der Waals surface area contributed by atoms with Crippen LogP contribution in [0.15, 0.2) is 83.0 Å². The minimum absolute atomic E-state index is 0.0422. The van der Waals surface area contributed by atoms with Crippen LogP contribution in [0.2, 0.25) is 5.02 Å². The standard InChI is InChI=1S/C26H19ClN4O3S2/c1-15-4-6-16(7-5-15)14-35-26-30-29-25(36-26)31-21(18-3-2-12-28-13-18)20(23(33)24(31)34)22(32)17-8-10-19(27)11-9-17/h2-13,21,32H,14H2,1H3/b22-20-. The van der Waals surface area contributed by atoms with Crippen LogP contribution < -0.4 is 4.90 Å². The topological polar surface area (TPSA) is 96.3 Å². The third-order valence-electron chi connectivity index (χ3n) is 5.65. The fourth-order valence-electron chi connectivity index (χ4n) is 3.83. The predicted octanol–water partition coefficient (Wildman–Crippen LogP) is 5.81. The van der Waals surface area contributed by atoms with Gasteiger partial charge in [-0.3, -0.25) is 19.5 Å². The van der Waals surface area contributed by atoms with Crippen LogP contribution in [0.25, 0.3) is 5.76 Å². The first kappa shape index (κ1) is 24.2. The first-order valence-corrected chi connectivity index (χ1v) is 13.1. The summed E-state index contributed by atoms with van der Waals surface area (Å²) in [5.41, 5.74) is 3.22. The van der Waals surface area contributed by atoms with Gasteiger partial charge >= 0.3 is 5.91 Å². The Morgan fingerprint density at radius 1 is 1.08 bits per heavy atom. The molecular weight excluding hydrogens is 516 g/mol. The van der Waals surface area contributed by atoms with Crippen molar-refractivity contribution in [3.05, 3.63) is 106 Å². The SMILES string of the molecule is Cc1ccc(CSc2nnc(N3C(=O)C(=O)/C(=C(\O)c4ccc(Cl)cc4)C3c3cccnc3)s2)cc1. The van der Waals surface area contributed by atoms with Crippen LogP contribution in [0.3, 0.4) is 0 Å². The molecule has 5 rings (SSSR count). The van der Waals surface area contributed by atoms with E-state index in [1.54, 1.807) is 48.8 Å². The maximum Gasteiger partial charge on any atom is 0.301 e. The number of carbonyl (C=O) groups is 2. The van der Waals surface area contributed by atoms with Gasteiger partial charge in [-0.2, -0.15) is 0 Å². The van der Waals surface area contributed by atoms with Crippen molar-refractivity contribution in [2.24, 2.45) is 0 Å². The Balaban J connectivity index is 1.51. The van der Waals surface area contributed by atoms with E-state index in [1.807, 2.05) is 6.92 Å². The molecule has 1 fully saturated rings. The molecule has 36 heavy (non-hydrogen) atoms. The maximum absolute atomic E-state index is 13.2. The van der Waals surface area contributed by atoms with E-state index >= 15 is 0 Å². The Morgan fingerprint density at radius 2 is 1.83 bits per heavy atom. The highest BCUT2D eigenvalue weighted by Gasteiger charge is 2.48. The fourth-order valence-corrected chi connectivity index (χ4v) is 5.78. The number of nitrogens with zero attached hydrogens (tertiary/aromatic N) is 4. The van der Waals surface area contributed by atoms with Gasteiger partial charge in [0, 0.05) is 28.7 Å². The van der Waals surface area contributed by atoms with Gasteiger partial charge < -0.3 is 5.11 Å².